The summed E-state index contributed by atoms with van der Waals surface area (Å²) in [5.41, 5.74) is 8.39. The summed E-state index contributed by atoms with van der Waals surface area (Å²) < 4.78 is 5.20. The Hall–Kier alpha value is -3.15. The van der Waals surface area contributed by atoms with E-state index in [1.54, 1.807) is 0 Å². The topological polar surface area (TPSA) is 6.48 Å². The largest absolute Gasteiger partial charge is 0.0942 e. The molecule has 86 heavy (non-hydrogen) atoms. The molecule has 14 heteroatoms. The van der Waals surface area contributed by atoms with Crippen LogP contribution in [0.25, 0.3) is 0 Å². The molecule has 0 saturated carbocycles. The number of benzene rings is 10. The van der Waals surface area contributed by atoms with Crippen molar-refractivity contribution in [3.63, 3.8) is 0 Å². The summed E-state index contributed by atoms with van der Waals surface area (Å²) in [6, 6.07) is 99.9. The van der Waals surface area contributed by atoms with Gasteiger partial charge < -0.3 is 0 Å². The molecule has 0 fully saturated rings. The number of rotatable bonds is 18. The Balaban J connectivity index is 0.000000216. The molecule has 0 amide bonds. The van der Waals surface area contributed by atoms with Gasteiger partial charge in [0.2, 0.25) is 0 Å². The number of halogens is 4. The number of anilines is 2. The van der Waals surface area contributed by atoms with Crippen LogP contribution in [0.15, 0.2) is 279 Å². The van der Waals surface area contributed by atoms with Crippen molar-refractivity contribution in [1.29, 1.82) is 0 Å². The first kappa shape index (κ1) is 73.6. The Kier molecular flexibility index (Phi) is 35.9. The first-order valence-corrected chi connectivity index (χ1v) is 46.9. The minimum absolute atomic E-state index is 0.271. The summed E-state index contributed by atoms with van der Waals surface area (Å²) in [4.78, 5) is 0. The van der Waals surface area contributed by atoms with Crippen LogP contribution in [0.2, 0.25) is 0 Å². The molecule has 10 radical (unpaired) electrons. The van der Waals surface area contributed by atoms with Crippen molar-refractivity contribution < 1.29 is 0 Å². The van der Waals surface area contributed by atoms with E-state index in [9.17, 15) is 0 Å². The second-order valence-electron chi connectivity index (χ2n) is 21.1. The van der Waals surface area contributed by atoms with Crippen molar-refractivity contribution in [2.24, 2.45) is 0 Å². The summed E-state index contributed by atoms with van der Waals surface area (Å²) in [5, 5.41) is 11.4. The molecule has 0 aliphatic heterocycles. The molecule has 0 bridgehead atoms. The Labute approximate surface area is 569 Å². The van der Waals surface area contributed by atoms with Crippen LogP contribution in [-0.4, -0.2) is 60.6 Å². The van der Waals surface area contributed by atoms with Crippen molar-refractivity contribution in [3.8, 4) is 0 Å². The maximum atomic E-state index is 6.83. The first-order chi connectivity index (χ1) is 42.0. The summed E-state index contributed by atoms with van der Waals surface area (Å²) in [7, 11) is 21.1. The van der Waals surface area contributed by atoms with Gasteiger partial charge in [0.1, 0.15) is 0 Å². The Morgan fingerprint density at radius 1 is 0.279 bits per heavy atom. The third-order valence-corrected chi connectivity index (χ3v) is 30.4. The van der Waals surface area contributed by atoms with Gasteiger partial charge in [-0.1, -0.05) is 72.8 Å². The summed E-state index contributed by atoms with van der Waals surface area (Å²) in [6.45, 7) is 18.3. The predicted octanol–water partition coefficient (Wildman–Crippen LogP) is 17.3. The molecule has 0 saturated heterocycles. The Morgan fingerprint density at radius 2 is 0.453 bits per heavy atom. The van der Waals surface area contributed by atoms with Crippen LogP contribution >= 0.6 is 73.3 Å². The van der Waals surface area contributed by atoms with Crippen LogP contribution in [0.4, 0.5) is 11.4 Å². The van der Waals surface area contributed by atoms with E-state index in [2.05, 4.69) is 362 Å². The van der Waals surface area contributed by atoms with E-state index in [0.717, 1.165) is 0 Å². The summed E-state index contributed by atoms with van der Waals surface area (Å²) >= 11 is 1.31. The molecule has 10 aromatic rings. The van der Waals surface area contributed by atoms with Crippen LogP contribution in [-0.2, 0) is 0 Å². The monoisotopic (exact) mass is 1530 g/mol. The maximum absolute atomic E-state index is 6.83. The minimum atomic E-state index is -1.19. The van der Waals surface area contributed by atoms with Gasteiger partial charge >= 0.3 is 416 Å². The van der Waals surface area contributed by atoms with Crippen LogP contribution < -0.4 is 49.7 Å². The summed E-state index contributed by atoms with van der Waals surface area (Å²) in [6.07, 6.45) is 0. The molecule has 10 aromatic carbocycles. The Morgan fingerprint density at radius 3 is 0.616 bits per heavy atom. The average Bonchev–Trinajstić information content (AvgIpc) is 2.65. The van der Waals surface area contributed by atoms with Crippen molar-refractivity contribution in [2.45, 2.75) is 79.1 Å². The molecule has 0 unspecified atom stereocenters. The minimum Gasteiger partial charge on any atom is -0.0620 e. The van der Waals surface area contributed by atoms with E-state index in [1.807, 2.05) is 0 Å². The van der Waals surface area contributed by atoms with E-state index in [0.29, 0.717) is 23.7 Å². The molecule has 10 rings (SSSR count). The molecule has 0 aromatic heterocycles. The third kappa shape index (κ3) is 23.3. The van der Waals surface area contributed by atoms with Gasteiger partial charge in [-0.25, -0.2) is 0 Å². The van der Waals surface area contributed by atoms with Crippen LogP contribution in [0.5, 0.6) is 0 Å². The summed E-state index contributed by atoms with van der Waals surface area (Å²) in [5.74, 6) is 1.84. The molecule has 0 aliphatic rings. The third-order valence-electron chi connectivity index (χ3n) is 13.8. The normalized spacial score (nSPS) is 10.6. The zero-order valence-corrected chi connectivity index (χ0v) is 66.2. The first-order valence-electron chi connectivity index (χ1n) is 28.8. The maximum Gasteiger partial charge on any atom is 0.0942 e. The van der Waals surface area contributed by atoms with Gasteiger partial charge in [0.25, 0.3) is 0 Å². The van der Waals surface area contributed by atoms with E-state index in [4.69, 9.17) is 20.0 Å². The molecule has 0 N–H and O–H groups in total. The molecule has 0 aliphatic carbocycles. The van der Waals surface area contributed by atoms with Gasteiger partial charge in [0.15, 0.2) is 0 Å². The van der Waals surface area contributed by atoms with Gasteiger partial charge in [-0.3, -0.25) is 0 Å². The SMILES string of the molecule is CC(C)c1cccc(C(C)C)c1[N]([Ge][Cl])[PH+](c1ccccc1)c1ccccc1.CC(C)c1cccc(C(C)C)c1[N]([Ge][Cl])[PH+](c1ccccc1)c1ccccc1.[Cl][Ge].[Cl][Ge].c1ccc([PH2+]c2ccccc2)cc1.c1ccc([PH2+]c2ccccc2)cc1. The van der Waals surface area contributed by atoms with Crippen molar-refractivity contribution in [3.05, 3.63) is 301 Å². The molecule has 0 heterocycles. The molecule has 2 nitrogen and oxygen atoms in total. The van der Waals surface area contributed by atoms with Crippen molar-refractivity contribution in [1.82, 2.24) is 0 Å². The average molecular weight is 1530 g/mol. The van der Waals surface area contributed by atoms with Crippen LogP contribution in [0.1, 0.15) is 101 Å². The number of hydrogen-bond acceptors (Lipinski definition) is 2. The number of nitrogens with zero attached hydrogens (tertiary/aromatic N) is 2. The molecule has 438 valence electrons. The molecular weight excluding hydrogens is 1450 g/mol. The van der Waals surface area contributed by atoms with Gasteiger partial charge in [0, 0.05) is 0 Å². The van der Waals surface area contributed by atoms with E-state index in [-0.39, 0.29) is 17.2 Å². The quantitative estimate of drug-likeness (QED) is 0.0624. The molecule has 0 spiro atoms. The number of para-hydroxylation sites is 2. The zero-order chi connectivity index (χ0) is 62.1. The van der Waals surface area contributed by atoms with E-state index >= 15 is 0 Å². The standard InChI is InChI=1S/2C24H27ClGeNP.2C12H11P.2ClGe/c2*1-18(2)22-16-11-17-23(19(3)4)24(22)27(26-25)28(20-12-7-5-8-13-20)21-14-9-6-10-15-21;2*1-3-7-11(8-4-1)13-12-9-5-2-6-10-12;2*1-2/h2*5-19H,1-4H3;2*1-10,13H;;/p+4. The smallest absolute Gasteiger partial charge is 0.0620 e. The predicted molar refractivity (Wildman–Crippen MR) is 405 cm³/mol. The van der Waals surface area contributed by atoms with Crippen LogP contribution in [0, 0.1) is 0 Å². The van der Waals surface area contributed by atoms with Gasteiger partial charge in [0.05, 0.1) is 38.4 Å². The van der Waals surface area contributed by atoms with Gasteiger partial charge in [-0.05, 0) is 48.5 Å². The second kappa shape index (κ2) is 42.0. The van der Waals surface area contributed by atoms with E-state index < -0.39 is 45.6 Å². The second-order valence-corrected chi connectivity index (χ2v) is 35.2. The van der Waals surface area contributed by atoms with Crippen molar-refractivity contribution in [2.75, 3.05) is 7.26 Å². The van der Waals surface area contributed by atoms with E-state index in [1.165, 1.54) is 107 Å². The van der Waals surface area contributed by atoms with Crippen molar-refractivity contribution >= 4 is 188 Å². The molecule has 0 atom stereocenters. The number of hydrogen-bond donors (Lipinski definition) is 0. The Bertz CT molecular complexity index is 2940. The fourth-order valence-electron chi connectivity index (χ4n) is 9.75. The molecular formula is C72H80Cl4Ge4N2P4+4. The fourth-order valence-corrected chi connectivity index (χ4v) is 26.3. The van der Waals surface area contributed by atoms with Gasteiger partial charge in [-0.15, -0.1) is 0 Å². The van der Waals surface area contributed by atoms with Crippen LogP contribution in [0.3, 0.4) is 0 Å². The zero-order valence-electron chi connectivity index (χ0n) is 50.4. The van der Waals surface area contributed by atoms with Gasteiger partial charge in [-0.2, -0.15) is 0 Å². The fraction of sp³-hybridized carbons (Fsp3) is 0.167.